The zero-order chi connectivity index (χ0) is 26.2. The van der Waals surface area contributed by atoms with Crippen LogP contribution in [0.1, 0.15) is 12.8 Å². The number of halogens is 1. The summed E-state index contributed by atoms with van der Waals surface area (Å²) in [5.41, 5.74) is 5.79. The molecule has 1 saturated heterocycles. The minimum absolute atomic E-state index is 0.142. The van der Waals surface area contributed by atoms with Gasteiger partial charge in [0.05, 0.1) is 32.0 Å². The maximum atomic E-state index is 13.2. The third-order valence-electron chi connectivity index (χ3n) is 6.31. The lowest BCUT2D eigenvalue weighted by atomic mass is 9.96. The van der Waals surface area contributed by atoms with Gasteiger partial charge in [0.1, 0.15) is 6.61 Å². The minimum atomic E-state index is -0.396. The number of hydrogen-bond donors (Lipinski definition) is 2. The number of nitrogens with one attached hydrogen (secondary N) is 1. The smallest absolute Gasteiger partial charge is 0.244 e. The van der Waals surface area contributed by atoms with Crippen LogP contribution in [0.5, 0.6) is 17.2 Å². The molecule has 11 heteroatoms. The molecule has 3 amide bonds. The van der Waals surface area contributed by atoms with E-state index in [1.165, 1.54) is 4.90 Å². The van der Waals surface area contributed by atoms with Crippen molar-refractivity contribution in [1.29, 1.82) is 0 Å². The Labute approximate surface area is 220 Å². The normalized spacial score (nSPS) is 18.2. The zero-order valence-electron chi connectivity index (χ0n) is 20.5. The molecule has 1 fully saturated rings. The van der Waals surface area contributed by atoms with E-state index in [1.54, 1.807) is 30.3 Å². The molecule has 2 heterocycles. The zero-order valence-corrected chi connectivity index (χ0v) is 21.2. The third kappa shape index (κ3) is 7.58. The van der Waals surface area contributed by atoms with E-state index in [1.807, 2.05) is 17.0 Å². The monoisotopic (exact) mass is 530 g/mol. The molecule has 2 aliphatic rings. The third-order valence-corrected chi connectivity index (χ3v) is 6.55. The fraction of sp³-hybridized carbons (Fsp3) is 0.423. The van der Waals surface area contributed by atoms with Crippen LogP contribution in [-0.2, 0) is 19.1 Å². The van der Waals surface area contributed by atoms with Crippen molar-refractivity contribution in [1.82, 2.24) is 9.80 Å². The second kappa shape index (κ2) is 12.8. The number of carbonyl (C=O) groups is 3. The summed E-state index contributed by atoms with van der Waals surface area (Å²) in [7, 11) is 0. The van der Waals surface area contributed by atoms with Gasteiger partial charge >= 0.3 is 0 Å². The Balaban J connectivity index is 1.48. The summed E-state index contributed by atoms with van der Waals surface area (Å²) in [6.45, 7) is 2.23. The Bertz CT molecular complexity index is 1120. The van der Waals surface area contributed by atoms with E-state index in [0.29, 0.717) is 60.5 Å². The second-order valence-corrected chi connectivity index (χ2v) is 9.40. The molecule has 10 nitrogen and oxygen atoms in total. The van der Waals surface area contributed by atoms with Gasteiger partial charge in [-0.25, -0.2) is 0 Å². The SMILES string of the molecule is NC(=O)C1CCN(CC(=O)N2CCOCCOc3ccccc3Oc3ccc(Cl)cc3NC(=O)C2)CC1. The van der Waals surface area contributed by atoms with Crippen LogP contribution in [0.2, 0.25) is 5.02 Å². The van der Waals surface area contributed by atoms with Crippen LogP contribution < -0.4 is 20.5 Å². The molecule has 4 rings (SSSR count). The summed E-state index contributed by atoms with van der Waals surface area (Å²) in [6.07, 6.45) is 1.23. The number of nitrogens with two attached hydrogens (primary N) is 1. The quantitative estimate of drug-likeness (QED) is 0.625. The van der Waals surface area contributed by atoms with Crippen LogP contribution in [0.25, 0.3) is 0 Å². The second-order valence-electron chi connectivity index (χ2n) is 8.97. The standard InChI is InChI=1S/C26H31ClN4O6/c27-19-5-6-21-20(15-19)29-24(32)16-31(25(33)17-30-9-7-18(8-10-30)26(28)34)11-12-35-13-14-36-22-3-1-2-4-23(22)37-21/h1-6,15,18H,7-14,16-17H2,(H2,28,34)(H,29,32). The van der Waals surface area contributed by atoms with Gasteiger partial charge in [0.2, 0.25) is 17.7 Å². The Morgan fingerprint density at radius 2 is 1.76 bits per heavy atom. The first-order chi connectivity index (χ1) is 17.9. The van der Waals surface area contributed by atoms with Crippen LogP contribution in [0, 0.1) is 5.92 Å². The lowest BCUT2D eigenvalue weighted by Crippen LogP contribution is -2.47. The summed E-state index contributed by atoms with van der Waals surface area (Å²) in [5.74, 6) is 0.333. The summed E-state index contributed by atoms with van der Waals surface area (Å²) < 4.78 is 17.6. The molecule has 2 aromatic carbocycles. The van der Waals surface area contributed by atoms with Crippen LogP contribution >= 0.6 is 11.6 Å². The van der Waals surface area contributed by atoms with E-state index in [9.17, 15) is 14.4 Å². The maximum absolute atomic E-state index is 13.2. The number of ether oxygens (including phenoxy) is 3. The van der Waals surface area contributed by atoms with Crippen molar-refractivity contribution >= 4 is 35.0 Å². The highest BCUT2D eigenvalue weighted by molar-refractivity contribution is 6.31. The molecule has 0 atom stereocenters. The number of benzene rings is 2. The molecule has 0 spiro atoms. The topological polar surface area (TPSA) is 123 Å². The van der Waals surface area contributed by atoms with Crippen LogP contribution in [0.4, 0.5) is 5.69 Å². The molecule has 3 N–H and O–H groups in total. The molecule has 0 aliphatic carbocycles. The first-order valence-corrected chi connectivity index (χ1v) is 12.6. The molecule has 0 aromatic heterocycles. The van der Waals surface area contributed by atoms with Gasteiger partial charge in [-0.15, -0.1) is 0 Å². The summed E-state index contributed by atoms with van der Waals surface area (Å²) >= 11 is 6.19. The Kier molecular flexibility index (Phi) is 9.21. The number of amides is 3. The number of hydrogen-bond acceptors (Lipinski definition) is 7. The van der Waals surface area contributed by atoms with Crippen molar-refractivity contribution in [2.45, 2.75) is 12.8 Å². The number of likely N-dealkylation sites (tertiary alicyclic amines) is 1. The van der Waals surface area contributed by atoms with Gasteiger partial charge in [-0.2, -0.15) is 0 Å². The van der Waals surface area contributed by atoms with Crippen LogP contribution in [0.3, 0.4) is 0 Å². The van der Waals surface area contributed by atoms with Gasteiger partial charge in [0.25, 0.3) is 0 Å². The van der Waals surface area contributed by atoms with Crippen molar-refractivity contribution in [2.24, 2.45) is 11.7 Å². The lowest BCUT2D eigenvalue weighted by molar-refractivity contribution is -0.137. The number of piperidine rings is 1. The van der Waals surface area contributed by atoms with Gasteiger partial charge in [-0.05, 0) is 56.3 Å². The molecule has 2 aliphatic heterocycles. The highest BCUT2D eigenvalue weighted by Gasteiger charge is 2.26. The molecule has 37 heavy (non-hydrogen) atoms. The summed E-state index contributed by atoms with van der Waals surface area (Å²) in [5, 5.41) is 3.24. The molecule has 198 valence electrons. The molecule has 0 saturated carbocycles. The molecule has 2 aromatic rings. The molecule has 0 unspecified atom stereocenters. The van der Waals surface area contributed by atoms with Gasteiger partial charge in [0, 0.05) is 17.5 Å². The predicted octanol–water partition coefficient (Wildman–Crippen LogP) is 2.51. The summed E-state index contributed by atoms with van der Waals surface area (Å²) in [6, 6.07) is 12.1. The van der Waals surface area contributed by atoms with E-state index in [4.69, 9.17) is 31.5 Å². The molecule has 0 bridgehead atoms. The van der Waals surface area contributed by atoms with E-state index < -0.39 is 5.91 Å². The van der Waals surface area contributed by atoms with Crippen LogP contribution in [-0.4, -0.2) is 80.1 Å². The van der Waals surface area contributed by atoms with Gasteiger partial charge < -0.3 is 30.2 Å². The number of rotatable bonds is 3. The number of para-hydroxylation sites is 2. The lowest BCUT2D eigenvalue weighted by Gasteiger charge is -2.32. The van der Waals surface area contributed by atoms with Gasteiger partial charge in [0.15, 0.2) is 17.2 Å². The summed E-state index contributed by atoms with van der Waals surface area (Å²) in [4.78, 5) is 41.1. The van der Waals surface area contributed by atoms with Crippen LogP contribution in [0.15, 0.2) is 42.5 Å². The predicted molar refractivity (Wildman–Crippen MR) is 138 cm³/mol. The number of primary amides is 1. The number of nitrogens with zero attached hydrogens (tertiary/aromatic N) is 2. The highest BCUT2D eigenvalue weighted by atomic mass is 35.5. The van der Waals surface area contributed by atoms with E-state index >= 15 is 0 Å². The van der Waals surface area contributed by atoms with Gasteiger partial charge in [-0.3, -0.25) is 19.3 Å². The Morgan fingerprint density at radius 3 is 2.51 bits per heavy atom. The number of carbonyl (C=O) groups excluding carboxylic acids is 3. The molecule has 0 radical (unpaired) electrons. The van der Waals surface area contributed by atoms with Crippen molar-refractivity contribution in [3.05, 3.63) is 47.5 Å². The maximum Gasteiger partial charge on any atom is 0.244 e. The van der Waals surface area contributed by atoms with E-state index in [0.717, 1.165) is 0 Å². The van der Waals surface area contributed by atoms with E-state index in [2.05, 4.69) is 5.32 Å². The van der Waals surface area contributed by atoms with Crippen molar-refractivity contribution in [3.63, 3.8) is 0 Å². The number of anilines is 1. The number of fused-ring (bicyclic) bond motifs is 2. The minimum Gasteiger partial charge on any atom is -0.487 e. The van der Waals surface area contributed by atoms with Crippen molar-refractivity contribution < 1.29 is 28.6 Å². The Hall–Kier alpha value is -3.34. The highest BCUT2D eigenvalue weighted by Crippen LogP contribution is 2.36. The average molecular weight is 531 g/mol. The molecular formula is C26H31ClN4O6. The molecular weight excluding hydrogens is 500 g/mol. The fourth-order valence-electron chi connectivity index (χ4n) is 4.27. The Morgan fingerprint density at radius 1 is 1.00 bits per heavy atom. The first-order valence-electron chi connectivity index (χ1n) is 12.3. The van der Waals surface area contributed by atoms with E-state index in [-0.39, 0.29) is 50.6 Å². The largest absolute Gasteiger partial charge is 0.487 e. The van der Waals surface area contributed by atoms with Gasteiger partial charge in [-0.1, -0.05) is 23.7 Å². The average Bonchev–Trinajstić information content (AvgIpc) is 2.88. The fourth-order valence-corrected chi connectivity index (χ4v) is 4.44. The van der Waals surface area contributed by atoms with Crippen molar-refractivity contribution in [3.8, 4) is 17.2 Å². The van der Waals surface area contributed by atoms with Crippen molar-refractivity contribution in [2.75, 3.05) is 57.9 Å². The first kappa shape index (κ1) is 26.7.